The lowest BCUT2D eigenvalue weighted by Crippen LogP contribution is -1.76. The van der Waals surface area contributed by atoms with Crippen molar-refractivity contribution in [3.05, 3.63) is 84.0 Å². The van der Waals surface area contributed by atoms with Crippen LogP contribution in [0.25, 0.3) is 0 Å². The monoisotopic (exact) mass is 248 g/mol. The van der Waals surface area contributed by atoms with Crippen LogP contribution in [0.4, 0.5) is 0 Å². The van der Waals surface area contributed by atoms with Crippen molar-refractivity contribution in [2.45, 2.75) is 20.3 Å². The Bertz CT molecular complexity index is 543. The van der Waals surface area contributed by atoms with Gasteiger partial charge in [-0.25, -0.2) is 0 Å². The van der Waals surface area contributed by atoms with Crippen LogP contribution in [0, 0.1) is 11.8 Å². The molecule has 0 fully saturated rings. The van der Waals surface area contributed by atoms with Gasteiger partial charge in [0.2, 0.25) is 0 Å². The van der Waals surface area contributed by atoms with Gasteiger partial charge in [-0.2, -0.15) is 0 Å². The van der Waals surface area contributed by atoms with E-state index in [1.165, 1.54) is 0 Å². The second-order valence-corrected chi connectivity index (χ2v) is 4.26. The van der Waals surface area contributed by atoms with Gasteiger partial charge in [0.15, 0.2) is 0 Å². The average Bonchev–Trinajstić information content (AvgIpc) is 2.42. The van der Waals surface area contributed by atoms with Crippen LogP contribution in [0.2, 0.25) is 0 Å². The highest BCUT2D eigenvalue weighted by Gasteiger charge is 1.87. The standard InChI is InChI=1S/C19H20/c1-4-5-7-10-19(14-13-17(2)3)16-15-18-11-8-6-9-12-18/h4-6,8-14H,2,7H2,1,3H3/b5-4-,14-13-,19-10+. The van der Waals surface area contributed by atoms with Crippen molar-refractivity contribution in [2.75, 3.05) is 0 Å². The predicted octanol–water partition coefficient (Wildman–Crippen LogP) is 5.06. The first-order valence-corrected chi connectivity index (χ1v) is 6.44. The van der Waals surface area contributed by atoms with E-state index in [-0.39, 0.29) is 0 Å². The molecule has 0 aliphatic carbocycles. The second kappa shape index (κ2) is 8.78. The predicted molar refractivity (Wildman–Crippen MR) is 84.8 cm³/mol. The molecule has 1 aromatic carbocycles. The van der Waals surface area contributed by atoms with E-state index in [0.717, 1.165) is 23.1 Å². The van der Waals surface area contributed by atoms with E-state index in [1.807, 2.05) is 62.4 Å². The molecule has 0 amide bonds. The van der Waals surface area contributed by atoms with Gasteiger partial charge in [-0.15, -0.1) is 0 Å². The third-order valence-electron chi connectivity index (χ3n) is 2.38. The molecule has 0 saturated carbocycles. The molecule has 0 aliphatic heterocycles. The van der Waals surface area contributed by atoms with Gasteiger partial charge in [0.1, 0.15) is 0 Å². The first-order valence-electron chi connectivity index (χ1n) is 6.44. The lowest BCUT2D eigenvalue weighted by molar-refractivity contribution is 1.36. The summed E-state index contributed by atoms with van der Waals surface area (Å²) >= 11 is 0. The third kappa shape index (κ3) is 6.91. The Labute approximate surface area is 116 Å². The van der Waals surface area contributed by atoms with E-state index in [1.54, 1.807) is 0 Å². The van der Waals surface area contributed by atoms with Gasteiger partial charge >= 0.3 is 0 Å². The molecule has 0 spiro atoms. The normalized spacial score (nSPS) is 11.6. The number of allylic oxidation sites excluding steroid dienone is 7. The zero-order valence-corrected chi connectivity index (χ0v) is 11.7. The summed E-state index contributed by atoms with van der Waals surface area (Å²) in [4.78, 5) is 0. The molecule has 0 saturated heterocycles. The summed E-state index contributed by atoms with van der Waals surface area (Å²) in [6, 6.07) is 10.0. The van der Waals surface area contributed by atoms with Crippen molar-refractivity contribution in [3.8, 4) is 11.8 Å². The number of hydrogen-bond acceptors (Lipinski definition) is 0. The zero-order valence-electron chi connectivity index (χ0n) is 11.7. The van der Waals surface area contributed by atoms with Gasteiger partial charge in [0.25, 0.3) is 0 Å². The van der Waals surface area contributed by atoms with Crippen LogP contribution in [0.5, 0.6) is 0 Å². The molecule has 0 heteroatoms. The SMILES string of the molecule is C=C(C)/C=C\C(C#Cc1ccccc1)=C/C/C=C\C. The molecule has 0 heterocycles. The summed E-state index contributed by atoms with van der Waals surface area (Å²) in [7, 11) is 0. The summed E-state index contributed by atoms with van der Waals surface area (Å²) in [5.74, 6) is 6.37. The van der Waals surface area contributed by atoms with E-state index < -0.39 is 0 Å². The van der Waals surface area contributed by atoms with Gasteiger partial charge in [0.05, 0.1) is 0 Å². The molecule has 1 rings (SSSR count). The molecule has 19 heavy (non-hydrogen) atoms. The fourth-order valence-electron chi connectivity index (χ4n) is 1.39. The van der Waals surface area contributed by atoms with Crippen LogP contribution < -0.4 is 0 Å². The third-order valence-corrected chi connectivity index (χ3v) is 2.38. The smallest absolute Gasteiger partial charge is 0.0249 e. The Kier molecular flexibility index (Phi) is 6.84. The molecule has 0 unspecified atom stereocenters. The Morgan fingerprint density at radius 1 is 1.21 bits per heavy atom. The zero-order chi connectivity index (χ0) is 13.9. The average molecular weight is 248 g/mol. The van der Waals surface area contributed by atoms with Crippen LogP contribution in [-0.4, -0.2) is 0 Å². The number of hydrogen-bond donors (Lipinski definition) is 0. The molecule has 0 radical (unpaired) electrons. The lowest BCUT2D eigenvalue weighted by atomic mass is 10.1. The molecule has 1 aromatic rings. The molecule has 0 N–H and O–H groups in total. The quantitative estimate of drug-likeness (QED) is 0.397. The molecule has 96 valence electrons. The summed E-state index contributed by atoms with van der Waals surface area (Å²) in [6.07, 6.45) is 11.2. The van der Waals surface area contributed by atoms with E-state index in [2.05, 4.69) is 30.6 Å². The maximum Gasteiger partial charge on any atom is 0.0249 e. The molecule has 0 atom stereocenters. The van der Waals surface area contributed by atoms with Crippen molar-refractivity contribution in [1.82, 2.24) is 0 Å². The largest absolute Gasteiger partial charge is 0.0961 e. The molecular weight excluding hydrogens is 228 g/mol. The maximum absolute atomic E-state index is 3.87. The van der Waals surface area contributed by atoms with Crippen molar-refractivity contribution in [1.29, 1.82) is 0 Å². The molecule has 0 aromatic heterocycles. The van der Waals surface area contributed by atoms with Crippen molar-refractivity contribution < 1.29 is 0 Å². The minimum Gasteiger partial charge on any atom is -0.0961 e. The highest BCUT2D eigenvalue weighted by atomic mass is 13.9. The minimum absolute atomic E-state index is 0.899. The summed E-state index contributed by atoms with van der Waals surface area (Å²) in [6.45, 7) is 7.86. The summed E-state index contributed by atoms with van der Waals surface area (Å²) in [5, 5.41) is 0. The van der Waals surface area contributed by atoms with Crippen LogP contribution in [0.3, 0.4) is 0 Å². The van der Waals surface area contributed by atoms with Gasteiger partial charge in [-0.05, 0) is 38.5 Å². The summed E-state index contributed by atoms with van der Waals surface area (Å²) < 4.78 is 0. The molecule has 0 aliphatic rings. The van der Waals surface area contributed by atoms with Crippen molar-refractivity contribution >= 4 is 0 Å². The number of rotatable bonds is 4. The van der Waals surface area contributed by atoms with E-state index in [4.69, 9.17) is 0 Å². The lowest BCUT2D eigenvalue weighted by Gasteiger charge is -1.92. The maximum atomic E-state index is 3.87. The topological polar surface area (TPSA) is 0 Å². The first-order chi connectivity index (χ1) is 9.22. The van der Waals surface area contributed by atoms with Gasteiger partial charge in [-0.1, -0.05) is 66.5 Å². The van der Waals surface area contributed by atoms with Crippen LogP contribution in [-0.2, 0) is 0 Å². The molecule has 0 nitrogen and oxygen atoms in total. The minimum atomic E-state index is 0.899. The Hall–Kier alpha value is -2.26. The first kappa shape index (κ1) is 14.8. The van der Waals surface area contributed by atoms with Crippen LogP contribution >= 0.6 is 0 Å². The number of benzene rings is 1. The Morgan fingerprint density at radius 2 is 1.95 bits per heavy atom. The van der Waals surface area contributed by atoms with Gasteiger partial charge < -0.3 is 0 Å². The van der Waals surface area contributed by atoms with Gasteiger partial charge in [-0.3, -0.25) is 0 Å². The summed E-state index contributed by atoms with van der Waals surface area (Å²) in [5.41, 5.74) is 3.08. The van der Waals surface area contributed by atoms with Crippen LogP contribution in [0.1, 0.15) is 25.8 Å². The van der Waals surface area contributed by atoms with Crippen LogP contribution in [0.15, 0.2) is 78.4 Å². The van der Waals surface area contributed by atoms with E-state index in [9.17, 15) is 0 Å². The highest BCUT2D eigenvalue weighted by molar-refractivity contribution is 5.46. The van der Waals surface area contributed by atoms with Crippen molar-refractivity contribution in [2.24, 2.45) is 0 Å². The Balaban J connectivity index is 2.88. The second-order valence-electron chi connectivity index (χ2n) is 4.26. The molecular formula is C19H20. The fraction of sp³-hybridized carbons (Fsp3) is 0.158. The van der Waals surface area contributed by atoms with Gasteiger partial charge in [0, 0.05) is 11.1 Å². The van der Waals surface area contributed by atoms with E-state index >= 15 is 0 Å². The molecule has 0 bridgehead atoms. The van der Waals surface area contributed by atoms with E-state index in [0.29, 0.717) is 0 Å². The van der Waals surface area contributed by atoms with Crippen molar-refractivity contribution in [3.63, 3.8) is 0 Å². The Morgan fingerprint density at radius 3 is 2.58 bits per heavy atom. The fourth-order valence-corrected chi connectivity index (χ4v) is 1.39. The highest BCUT2D eigenvalue weighted by Crippen LogP contribution is 2.03.